The zero-order valence-electron chi connectivity index (χ0n) is 17.1. The quantitative estimate of drug-likeness (QED) is 0.824. The van der Waals surface area contributed by atoms with E-state index in [1.807, 2.05) is 25.7 Å². The fraction of sp³-hybridized carbons (Fsp3) is 0.800. The molecule has 1 aromatic rings. The zero-order chi connectivity index (χ0) is 19.8. The molecular weight excluding hydrogens is 344 g/mol. The maximum absolute atomic E-state index is 12.6. The van der Waals surface area contributed by atoms with Crippen LogP contribution in [0.5, 0.6) is 0 Å². The van der Waals surface area contributed by atoms with E-state index in [4.69, 9.17) is 4.52 Å². The van der Waals surface area contributed by atoms with Gasteiger partial charge in [-0.3, -0.25) is 9.59 Å². The second-order valence-corrected chi connectivity index (χ2v) is 8.53. The Kier molecular flexibility index (Phi) is 5.58. The van der Waals surface area contributed by atoms with E-state index >= 15 is 0 Å². The van der Waals surface area contributed by atoms with Crippen LogP contribution in [0.25, 0.3) is 0 Å². The van der Waals surface area contributed by atoms with Crippen molar-refractivity contribution in [2.24, 2.45) is 17.8 Å². The van der Waals surface area contributed by atoms with E-state index in [9.17, 15) is 9.59 Å². The molecule has 1 aromatic heterocycles. The van der Waals surface area contributed by atoms with E-state index in [-0.39, 0.29) is 41.0 Å². The Bertz CT molecular complexity index is 697. The predicted octanol–water partition coefficient (Wildman–Crippen LogP) is 2.45. The van der Waals surface area contributed by atoms with Crippen molar-refractivity contribution in [3.63, 3.8) is 0 Å². The highest BCUT2D eigenvalue weighted by Crippen LogP contribution is 2.50. The molecule has 3 rings (SSSR count). The summed E-state index contributed by atoms with van der Waals surface area (Å²) in [5.74, 6) is 1.78. The topological polar surface area (TPSA) is 88.3 Å². The first kappa shape index (κ1) is 19.8. The molecule has 0 spiro atoms. The van der Waals surface area contributed by atoms with E-state index < -0.39 is 0 Å². The lowest BCUT2D eigenvalue weighted by Gasteiger charge is -2.26. The predicted molar refractivity (Wildman–Crippen MR) is 101 cm³/mol. The van der Waals surface area contributed by atoms with Crippen LogP contribution >= 0.6 is 0 Å². The van der Waals surface area contributed by atoms with Crippen molar-refractivity contribution < 1.29 is 14.1 Å². The number of carbonyl (C=O) groups excluding carboxylic acids is 2. The number of hydrogen-bond acceptors (Lipinski definition) is 5. The average molecular weight is 377 g/mol. The molecule has 2 aliphatic rings. The third-order valence-electron chi connectivity index (χ3n) is 6.34. The highest BCUT2D eigenvalue weighted by molar-refractivity contribution is 5.79. The lowest BCUT2D eigenvalue weighted by Crippen LogP contribution is -2.41. The number of aryl methyl sites for hydroxylation is 1. The van der Waals surface area contributed by atoms with E-state index in [2.05, 4.69) is 29.3 Å². The van der Waals surface area contributed by atoms with Crippen molar-refractivity contribution in [2.45, 2.75) is 71.8 Å². The normalized spacial score (nSPS) is 27.4. The van der Waals surface area contributed by atoms with Gasteiger partial charge in [0.25, 0.3) is 0 Å². The van der Waals surface area contributed by atoms with Gasteiger partial charge in [-0.1, -0.05) is 32.9 Å². The van der Waals surface area contributed by atoms with Crippen LogP contribution in [0.1, 0.15) is 65.1 Å². The van der Waals surface area contributed by atoms with Crippen LogP contribution in [0.2, 0.25) is 0 Å². The van der Waals surface area contributed by atoms with Crippen LogP contribution in [0.3, 0.4) is 0 Å². The van der Waals surface area contributed by atoms with Gasteiger partial charge in [-0.05, 0) is 38.5 Å². The molecule has 27 heavy (non-hydrogen) atoms. The van der Waals surface area contributed by atoms with Crippen LogP contribution in [0, 0.1) is 24.7 Å². The highest BCUT2D eigenvalue weighted by Gasteiger charge is 2.58. The number of hydrogen-bond donors (Lipinski definition) is 1. The van der Waals surface area contributed by atoms with Crippen molar-refractivity contribution in [1.29, 1.82) is 0 Å². The molecular formula is C20H32N4O3. The van der Waals surface area contributed by atoms with Crippen LogP contribution in [-0.4, -0.2) is 46.0 Å². The molecule has 2 heterocycles. The molecule has 7 heteroatoms. The first-order valence-electron chi connectivity index (χ1n) is 10.2. The van der Waals surface area contributed by atoms with Crippen LogP contribution in [-0.2, 0) is 15.0 Å². The molecule has 0 radical (unpaired) electrons. The maximum atomic E-state index is 12.6. The monoisotopic (exact) mass is 376 g/mol. The van der Waals surface area contributed by atoms with Crippen molar-refractivity contribution in [3.8, 4) is 0 Å². The number of rotatable bonds is 6. The largest absolute Gasteiger partial charge is 0.353 e. The number of likely N-dealkylation sites (tertiary alicyclic amines) is 1. The van der Waals surface area contributed by atoms with E-state index in [0.29, 0.717) is 24.8 Å². The molecule has 7 nitrogen and oxygen atoms in total. The highest BCUT2D eigenvalue weighted by atomic mass is 16.5. The summed E-state index contributed by atoms with van der Waals surface area (Å²) in [5, 5.41) is 7.23. The van der Waals surface area contributed by atoms with Gasteiger partial charge in [0, 0.05) is 31.0 Å². The van der Waals surface area contributed by atoms with Crippen molar-refractivity contribution >= 4 is 11.8 Å². The molecule has 0 aromatic carbocycles. The lowest BCUT2D eigenvalue weighted by atomic mass is 9.80. The summed E-state index contributed by atoms with van der Waals surface area (Å²) >= 11 is 0. The van der Waals surface area contributed by atoms with Crippen LogP contribution < -0.4 is 5.32 Å². The smallest absolute Gasteiger partial charge is 0.235 e. The minimum atomic E-state index is -0.350. The number of fused-ring (bicyclic) bond motifs is 1. The zero-order valence-corrected chi connectivity index (χ0v) is 17.1. The summed E-state index contributed by atoms with van der Waals surface area (Å²) < 4.78 is 5.57. The molecule has 2 fully saturated rings. The molecule has 150 valence electrons. The van der Waals surface area contributed by atoms with E-state index in [0.717, 1.165) is 25.7 Å². The summed E-state index contributed by atoms with van der Waals surface area (Å²) in [6.45, 7) is 11.1. The first-order valence-corrected chi connectivity index (χ1v) is 10.2. The van der Waals surface area contributed by atoms with Gasteiger partial charge >= 0.3 is 0 Å². The Hall–Kier alpha value is -1.92. The number of carbonyl (C=O) groups is 2. The summed E-state index contributed by atoms with van der Waals surface area (Å²) in [6.07, 6.45) is 3.29. The molecule has 1 saturated heterocycles. The van der Waals surface area contributed by atoms with Gasteiger partial charge in [-0.15, -0.1) is 0 Å². The second kappa shape index (κ2) is 7.60. The summed E-state index contributed by atoms with van der Waals surface area (Å²) in [5.41, 5.74) is -0.350. The molecule has 1 aliphatic carbocycles. The summed E-state index contributed by atoms with van der Waals surface area (Å²) in [4.78, 5) is 31.6. The van der Waals surface area contributed by atoms with Gasteiger partial charge in [0.1, 0.15) is 0 Å². The molecule has 3 atom stereocenters. The number of nitrogens with one attached hydrogen (secondary N) is 1. The Morgan fingerprint density at radius 1 is 1.33 bits per heavy atom. The average Bonchev–Trinajstić information content (AvgIpc) is 3.27. The molecule has 1 N–H and O–H groups in total. The standard InChI is InChI=1S/C20H32N4O3/c1-6-14(7-2)17(25)22-16-8-15-10-24(18(26)12(3)4)11-20(15,9-16)19-21-13(5)23-27-19/h12,14-16H,6-11H2,1-5H3,(H,22,25)/t15?,16-,20+/m1/s1. The lowest BCUT2D eigenvalue weighted by molar-refractivity contribution is -0.134. The van der Waals surface area contributed by atoms with Gasteiger partial charge in [-0.25, -0.2) is 0 Å². The van der Waals surface area contributed by atoms with Gasteiger partial charge in [0.15, 0.2) is 5.82 Å². The van der Waals surface area contributed by atoms with E-state index in [1.54, 1.807) is 0 Å². The molecule has 2 amide bonds. The minimum absolute atomic E-state index is 0.0318. The van der Waals surface area contributed by atoms with Crippen LogP contribution in [0.15, 0.2) is 4.52 Å². The Balaban J connectivity index is 1.81. The molecule has 0 bridgehead atoms. The first-order chi connectivity index (χ1) is 12.8. The van der Waals surface area contributed by atoms with Crippen molar-refractivity contribution in [3.05, 3.63) is 11.7 Å². The number of aromatic nitrogens is 2. The fourth-order valence-electron chi connectivity index (χ4n) is 4.82. The molecule has 1 unspecified atom stereocenters. The Morgan fingerprint density at radius 2 is 2.04 bits per heavy atom. The van der Waals surface area contributed by atoms with E-state index in [1.165, 1.54) is 0 Å². The van der Waals surface area contributed by atoms with Crippen molar-refractivity contribution in [2.75, 3.05) is 13.1 Å². The number of amides is 2. The van der Waals surface area contributed by atoms with Gasteiger partial charge in [0.2, 0.25) is 17.7 Å². The Labute approximate surface area is 161 Å². The van der Waals surface area contributed by atoms with Gasteiger partial charge in [-0.2, -0.15) is 4.98 Å². The summed E-state index contributed by atoms with van der Waals surface area (Å²) in [6, 6.07) is 0.0895. The fourth-order valence-corrected chi connectivity index (χ4v) is 4.82. The van der Waals surface area contributed by atoms with Crippen molar-refractivity contribution in [1.82, 2.24) is 20.4 Å². The molecule has 1 aliphatic heterocycles. The number of nitrogens with zero attached hydrogens (tertiary/aromatic N) is 3. The third kappa shape index (κ3) is 3.60. The Morgan fingerprint density at radius 3 is 2.59 bits per heavy atom. The SMILES string of the molecule is CCC(CC)C(=O)N[C@@H]1CC2CN(C(=O)C(C)C)C[C@@]2(c2nc(C)no2)C1. The minimum Gasteiger partial charge on any atom is -0.353 e. The second-order valence-electron chi connectivity index (χ2n) is 8.53. The van der Waals surface area contributed by atoms with Gasteiger partial charge < -0.3 is 14.7 Å². The third-order valence-corrected chi connectivity index (χ3v) is 6.34. The van der Waals surface area contributed by atoms with Gasteiger partial charge in [0.05, 0.1) is 5.41 Å². The molecule has 1 saturated carbocycles. The van der Waals surface area contributed by atoms with Crippen LogP contribution in [0.4, 0.5) is 0 Å². The summed E-state index contributed by atoms with van der Waals surface area (Å²) in [7, 11) is 0. The maximum Gasteiger partial charge on any atom is 0.235 e.